The van der Waals surface area contributed by atoms with Crippen LogP contribution in [-0.2, 0) is 0 Å². The van der Waals surface area contributed by atoms with E-state index < -0.39 is 0 Å². The van der Waals surface area contributed by atoms with Crippen molar-refractivity contribution in [2.24, 2.45) is 0 Å². The van der Waals surface area contributed by atoms with E-state index in [-0.39, 0.29) is 7.92 Å². The van der Waals surface area contributed by atoms with Crippen LogP contribution in [0.15, 0.2) is 0 Å². The zero-order valence-corrected chi connectivity index (χ0v) is 15.3. The maximum atomic E-state index is 2.46. The van der Waals surface area contributed by atoms with Gasteiger partial charge < -0.3 is 0 Å². The normalized spacial score (nSPS) is 16.3. The largest absolute Gasteiger partial charge is 0.101 e. The van der Waals surface area contributed by atoms with Gasteiger partial charge in [-0.15, -0.1) is 7.92 Å². The molecule has 0 aliphatic heterocycles. The lowest BCUT2D eigenvalue weighted by Gasteiger charge is -2.33. The monoisotopic (exact) mass is 286 g/mol. The number of hydrogen-bond donors (Lipinski definition) is 0. The molecule has 0 aromatic heterocycles. The van der Waals surface area contributed by atoms with Crippen molar-refractivity contribution in [2.45, 2.75) is 110 Å². The second-order valence-electron chi connectivity index (χ2n) is 5.95. The fourth-order valence-corrected chi connectivity index (χ4v) is 6.88. The molecule has 0 bridgehead atoms. The van der Waals surface area contributed by atoms with E-state index in [1.807, 2.05) is 0 Å². The summed E-state index contributed by atoms with van der Waals surface area (Å²) in [7, 11) is 0.281. The quantitative estimate of drug-likeness (QED) is 0.248. The number of hydrogen-bond acceptors (Lipinski definition) is 0. The molecule has 0 fully saturated rings. The highest BCUT2D eigenvalue weighted by Crippen LogP contribution is 2.52. The van der Waals surface area contributed by atoms with E-state index in [1.54, 1.807) is 0 Å². The molecule has 0 nitrogen and oxygen atoms in total. The van der Waals surface area contributed by atoms with Crippen LogP contribution in [0.3, 0.4) is 0 Å². The van der Waals surface area contributed by atoms with Gasteiger partial charge in [-0.3, -0.25) is 0 Å². The molecule has 0 rings (SSSR count). The molecule has 19 heavy (non-hydrogen) atoms. The minimum atomic E-state index is 0.281. The van der Waals surface area contributed by atoms with Gasteiger partial charge in [-0.05, 0) is 43.2 Å². The van der Waals surface area contributed by atoms with Crippen molar-refractivity contribution < 1.29 is 0 Å². The average Bonchev–Trinajstić information content (AvgIpc) is 2.44. The first-order chi connectivity index (χ1) is 9.24. The summed E-state index contributed by atoms with van der Waals surface area (Å²) in [6.07, 6.45) is 15.9. The predicted octanol–water partition coefficient (Wildman–Crippen LogP) is 7.21. The fourth-order valence-electron chi connectivity index (χ4n) is 3.28. The third-order valence-electron chi connectivity index (χ3n) is 4.53. The zero-order chi connectivity index (χ0) is 14.5. The van der Waals surface area contributed by atoms with Gasteiger partial charge in [0.1, 0.15) is 0 Å². The van der Waals surface area contributed by atoms with Gasteiger partial charge in [-0.25, -0.2) is 0 Å². The van der Waals surface area contributed by atoms with Crippen molar-refractivity contribution in [3.63, 3.8) is 0 Å². The summed E-state index contributed by atoms with van der Waals surface area (Å²) in [5, 5.41) is 0. The fraction of sp³-hybridized carbons (Fsp3) is 1.00. The van der Waals surface area contributed by atoms with Gasteiger partial charge in [0.2, 0.25) is 0 Å². The Hall–Kier alpha value is 0.430. The third kappa shape index (κ3) is 8.34. The molecule has 0 heterocycles. The maximum Gasteiger partial charge on any atom is -0.0209 e. The molecule has 0 saturated carbocycles. The minimum absolute atomic E-state index is 0.281. The van der Waals surface area contributed by atoms with Gasteiger partial charge in [-0.1, -0.05) is 73.1 Å². The standard InChI is InChI=1S/C18H39P/c1-6-11-13-15-17(8-3)19(10-5)18(9-4)16-14-12-7-2/h17-18H,6-16H2,1-5H3. The highest BCUT2D eigenvalue weighted by atomic mass is 31.1. The predicted molar refractivity (Wildman–Crippen MR) is 93.9 cm³/mol. The van der Waals surface area contributed by atoms with Crippen LogP contribution in [0.1, 0.15) is 98.8 Å². The van der Waals surface area contributed by atoms with Crippen molar-refractivity contribution in [1.82, 2.24) is 0 Å². The Morgan fingerprint density at radius 1 is 0.632 bits per heavy atom. The Labute approximate surface area is 124 Å². The molecule has 0 aliphatic rings. The zero-order valence-electron chi connectivity index (χ0n) is 14.4. The van der Waals surface area contributed by atoms with Crippen LogP contribution in [0.2, 0.25) is 0 Å². The van der Waals surface area contributed by atoms with Crippen LogP contribution in [0.4, 0.5) is 0 Å². The van der Waals surface area contributed by atoms with Gasteiger partial charge >= 0.3 is 0 Å². The van der Waals surface area contributed by atoms with E-state index in [2.05, 4.69) is 34.6 Å². The Balaban J connectivity index is 4.34. The lowest BCUT2D eigenvalue weighted by atomic mass is 10.1. The van der Waals surface area contributed by atoms with Crippen LogP contribution in [0.25, 0.3) is 0 Å². The molecule has 0 spiro atoms. The summed E-state index contributed by atoms with van der Waals surface area (Å²) < 4.78 is 0. The molecule has 0 saturated heterocycles. The summed E-state index contributed by atoms with van der Waals surface area (Å²) in [5.41, 5.74) is 2.11. The van der Waals surface area contributed by atoms with Gasteiger partial charge in [0.05, 0.1) is 0 Å². The first kappa shape index (κ1) is 19.4. The van der Waals surface area contributed by atoms with Crippen molar-refractivity contribution in [3.8, 4) is 0 Å². The number of rotatable bonds is 13. The lowest BCUT2D eigenvalue weighted by Crippen LogP contribution is -2.16. The maximum absolute atomic E-state index is 2.46. The molecule has 0 amide bonds. The summed E-state index contributed by atoms with van der Waals surface area (Å²) in [4.78, 5) is 0. The molecule has 1 heteroatoms. The first-order valence-electron chi connectivity index (χ1n) is 9.00. The summed E-state index contributed by atoms with van der Waals surface area (Å²) in [5.74, 6) is 0. The van der Waals surface area contributed by atoms with Crippen LogP contribution in [0, 0.1) is 0 Å². The molecule has 2 atom stereocenters. The second-order valence-corrected chi connectivity index (χ2v) is 9.07. The molecule has 0 aliphatic carbocycles. The SMILES string of the molecule is CCCCCC(CC)P(CC)C(CC)CCCCC. The van der Waals surface area contributed by atoms with Crippen molar-refractivity contribution in [3.05, 3.63) is 0 Å². The van der Waals surface area contributed by atoms with Crippen molar-refractivity contribution >= 4 is 7.92 Å². The van der Waals surface area contributed by atoms with Crippen LogP contribution in [0.5, 0.6) is 0 Å². The molecule has 116 valence electrons. The number of unbranched alkanes of at least 4 members (excludes halogenated alkanes) is 4. The molecule has 0 radical (unpaired) electrons. The van der Waals surface area contributed by atoms with E-state index in [4.69, 9.17) is 0 Å². The molecule has 0 N–H and O–H groups in total. The molecular weight excluding hydrogens is 247 g/mol. The van der Waals surface area contributed by atoms with E-state index in [9.17, 15) is 0 Å². The van der Waals surface area contributed by atoms with Crippen molar-refractivity contribution in [1.29, 1.82) is 0 Å². The summed E-state index contributed by atoms with van der Waals surface area (Å²) >= 11 is 0. The van der Waals surface area contributed by atoms with Crippen LogP contribution >= 0.6 is 7.92 Å². The topological polar surface area (TPSA) is 0 Å². The van der Waals surface area contributed by atoms with Gasteiger partial charge in [0.15, 0.2) is 0 Å². The highest BCUT2D eigenvalue weighted by Gasteiger charge is 2.24. The Bertz CT molecular complexity index is 161. The average molecular weight is 286 g/mol. The summed E-state index contributed by atoms with van der Waals surface area (Å²) in [6, 6.07) is 0. The first-order valence-corrected chi connectivity index (χ1v) is 10.7. The lowest BCUT2D eigenvalue weighted by molar-refractivity contribution is 0.602. The van der Waals surface area contributed by atoms with E-state index in [0.717, 1.165) is 11.3 Å². The Morgan fingerprint density at radius 3 is 1.32 bits per heavy atom. The van der Waals surface area contributed by atoms with Gasteiger partial charge in [-0.2, -0.15) is 0 Å². The molecule has 0 aromatic carbocycles. The van der Waals surface area contributed by atoms with E-state index in [0.29, 0.717) is 0 Å². The molecule has 2 unspecified atom stereocenters. The van der Waals surface area contributed by atoms with Crippen LogP contribution in [-0.4, -0.2) is 17.5 Å². The Morgan fingerprint density at radius 2 is 1.05 bits per heavy atom. The van der Waals surface area contributed by atoms with E-state index >= 15 is 0 Å². The van der Waals surface area contributed by atoms with Gasteiger partial charge in [0.25, 0.3) is 0 Å². The minimum Gasteiger partial charge on any atom is -0.101 e. The third-order valence-corrected chi connectivity index (χ3v) is 8.38. The van der Waals surface area contributed by atoms with Crippen molar-refractivity contribution in [2.75, 3.05) is 6.16 Å². The van der Waals surface area contributed by atoms with Gasteiger partial charge in [0, 0.05) is 0 Å². The Kier molecular flexibility index (Phi) is 13.7. The highest BCUT2D eigenvalue weighted by molar-refractivity contribution is 7.59. The smallest absolute Gasteiger partial charge is 0.0209 e. The molecular formula is C18H39P. The van der Waals surface area contributed by atoms with E-state index in [1.165, 1.54) is 70.4 Å². The molecule has 0 aromatic rings. The summed E-state index contributed by atoms with van der Waals surface area (Å²) in [6.45, 7) is 12.0. The second kappa shape index (κ2) is 13.4. The van der Waals surface area contributed by atoms with Crippen LogP contribution < -0.4 is 0 Å².